The van der Waals surface area contributed by atoms with Gasteiger partial charge in [-0.25, -0.2) is 9.07 Å². The fourth-order valence-corrected chi connectivity index (χ4v) is 3.58. The molecule has 5 nitrogen and oxygen atoms in total. The fraction of sp³-hybridized carbons (Fsp3) is 0.0400. The number of pyridine rings is 1. The van der Waals surface area contributed by atoms with Gasteiger partial charge in [0.25, 0.3) is 5.56 Å². The van der Waals surface area contributed by atoms with Crippen molar-refractivity contribution in [1.82, 2.24) is 14.8 Å². The first-order valence-corrected chi connectivity index (χ1v) is 9.94. The van der Waals surface area contributed by atoms with Crippen LogP contribution in [0, 0.1) is 5.82 Å². The summed E-state index contributed by atoms with van der Waals surface area (Å²) in [6, 6.07) is 27.4. The van der Waals surface area contributed by atoms with Crippen LogP contribution in [-0.2, 0) is 6.54 Å². The summed E-state index contributed by atoms with van der Waals surface area (Å²) in [6.07, 6.45) is 0. The molecule has 5 aromatic rings. The zero-order chi connectivity index (χ0) is 21.2. The summed E-state index contributed by atoms with van der Waals surface area (Å²) in [6.45, 7) is 0.370. The van der Waals surface area contributed by atoms with Gasteiger partial charge in [0.1, 0.15) is 17.2 Å². The Morgan fingerprint density at radius 3 is 2.29 bits per heavy atom. The van der Waals surface area contributed by atoms with Gasteiger partial charge in [0.15, 0.2) is 0 Å². The van der Waals surface area contributed by atoms with Crippen LogP contribution in [-0.4, -0.2) is 14.8 Å². The molecule has 2 aromatic heterocycles. The maximum absolute atomic E-state index is 13.5. The van der Waals surface area contributed by atoms with Gasteiger partial charge in [-0.05, 0) is 54.6 Å². The quantitative estimate of drug-likeness (QED) is 0.422. The molecule has 0 aliphatic heterocycles. The predicted octanol–water partition coefficient (Wildman–Crippen LogP) is 5.13. The Balaban J connectivity index is 1.65. The van der Waals surface area contributed by atoms with Crippen molar-refractivity contribution in [3.63, 3.8) is 0 Å². The number of aromatic nitrogens is 3. The van der Waals surface area contributed by atoms with E-state index in [1.165, 1.54) is 12.1 Å². The molecule has 0 unspecified atom stereocenters. The molecule has 3 aromatic carbocycles. The minimum Gasteiger partial charge on any atom is -0.381 e. The van der Waals surface area contributed by atoms with Crippen LogP contribution in [0.25, 0.3) is 28.0 Å². The highest BCUT2D eigenvalue weighted by Gasteiger charge is 2.16. The lowest BCUT2D eigenvalue weighted by Gasteiger charge is -2.07. The highest BCUT2D eigenvalue weighted by molar-refractivity contribution is 5.92. The molecule has 0 radical (unpaired) electrons. The number of anilines is 1. The number of halogens is 1. The molecular formula is C25H19FN4O. The molecule has 0 amide bonds. The van der Waals surface area contributed by atoms with Crippen LogP contribution in [0.5, 0.6) is 0 Å². The normalized spacial score (nSPS) is 11.0. The number of aromatic amines is 1. The summed E-state index contributed by atoms with van der Waals surface area (Å²) in [5.41, 5.74) is 4.21. The second kappa shape index (κ2) is 7.91. The van der Waals surface area contributed by atoms with Crippen LogP contribution in [0.15, 0.2) is 95.8 Å². The molecule has 0 aliphatic carbocycles. The third kappa shape index (κ3) is 3.71. The second-order valence-electron chi connectivity index (χ2n) is 7.21. The number of nitrogens with zero attached hydrogens (tertiary/aromatic N) is 2. The number of fused-ring (bicyclic) bond motifs is 1. The van der Waals surface area contributed by atoms with Gasteiger partial charge in [-0.2, -0.15) is 5.10 Å². The molecule has 0 aliphatic rings. The maximum atomic E-state index is 13.5. The number of rotatable bonds is 5. The average Bonchev–Trinajstić information content (AvgIpc) is 3.17. The third-order valence-corrected chi connectivity index (χ3v) is 5.14. The highest BCUT2D eigenvalue weighted by Crippen LogP contribution is 2.29. The predicted molar refractivity (Wildman–Crippen MR) is 121 cm³/mol. The van der Waals surface area contributed by atoms with E-state index in [0.717, 1.165) is 22.3 Å². The van der Waals surface area contributed by atoms with E-state index in [2.05, 4.69) is 10.3 Å². The number of H-pyrrole nitrogens is 1. The summed E-state index contributed by atoms with van der Waals surface area (Å²) >= 11 is 0. The molecule has 5 rings (SSSR count). The molecule has 2 heterocycles. The van der Waals surface area contributed by atoms with E-state index >= 15 is 0 Å². The van der Waals surface area contributed by atoms with Crippen LogP contribution >= 0.6 is 0 Å². The largest absolute Gasteiger partial charge is 0.381 e. The lowest BCUT2D eigenvalue weighted by atomic mass is 10.1. The lowest BCUT2D eigenvalue weighted by Crippen LogP contribution is -2.16. The molecule has 0 spiro atoms. The van der Waals surface area contributed by atoms with Gasteiger partial charge in [-0.1, -0.05) is 36.4 Å². The van der Waals surface area contributed by atoms with Crippen LogP contribution in [0.4, 0.5) is 10.1 Å². The van der Waals surface area contributed by atoms with E-state index in [9.17, 15) is 9.18 Å². The molecule has 0 saturated heterocycles. The third-order valence-electron chi connectivity index (χ3n) is 5.14. The van der Waals surface area contributed by atoms with E-state index in [1.54, 1.807) is 16.8 Å². The van der Waals surface area contributed by atoms with Gasteiger partial charge in [0, 0.05) is 28.7 Å². The molecule has 0 saturated carbocycles. The monoisotopic (exact) mass is 410 g/mol. The number of hydrogen-bond acceptors (Lipinski definition) is 3. The zero-order valence-corrected chi connectivity index (χ0v) is 16.5. The van der Waals surface area contributed by atoms with Crippen LogP contribution in [0.1, 0.15) is 5.56 Å². The number of benzene rings is 3. The SMILES string of the molecule is O=c1[nH]c2c(cc1CNc1ccccc1)c(-c1ccc(F)cc1)nn2-c1ccccc1. The van der Waals surface area contributed by atoms with Gasteiger partial charge < -0.3 is 10.3 Å². The fourth-order valence-electron chi connectivity index (χ4n) is 3.58. The topological polar surface area (TPSA) is 62.7 Å². The molecule has 0 bridgehead atoms. The van der Waals surface area contributed by atoms with E-state index in [0.29, 0.717) is 23.4 Å². The molecule has 31 heavy (non-hydrogen) atoms. The van der Waals surface area contributed by atoms with Crippen molar-refractivity contribution in [2.75, 3.05) is 5.32 Å². The van der Waals surface area contributed by atoms with Gasteiger partial charge in [0.05, 0.1) is 5.69 Å². The Hall–Kier alpha value is -4.19. The minimum absolute atomic E-state index is 0.182. The Morgan fingerprint density at radius 1 is 0.903 bits per heavy atom. The Kier molecular flexibility index (Phi) is 4.80. The Labute approximate surface area is 177 Å². The Bertz CT molecular complexity index is 1390. The van der Waals surface area contributed by atoms with E-state index < -0.39 is 0 Å². The summed E-state index contributed by atoms with van der Waals surface area (Å²) < 4.78 is 15.2. The number of nitrogens with one attached hydrogen (secondary N) is 2. The smallest absolute Gasteiger partial charge is 0.254 e. The van der Waals surface area contributed by atoms with E-state index in [1.807, 2.05) is 66.7 Å². The second-order valence-corrected chi connectivity index (χ2v) is 7.21. The van der Waals surface area contributed by atoms with Crippen molar-refractivity contribution in [2.45, 2.75) is 6.54 Å². The summed E-state index contributed by atoms with van der Waals surface area (Å²) in [5, 5.41) is 8.83. The van der Waals surface area contributed by atoms with Crippen molar-refractivity contribution in [3.8, 4) is 16.9 Å². The first-order valence-electron chi connectivity index (χ1n) is 9.94. The summed E-state index contributed by atoms with van der Waals surface area (Å²) in [4.78, 5) is 15.8. The van der Waals surface area contributed by atoms with E-state index in [-0.39, 0.29) is 11.4 Å². The lowest BCUT2D eigenvalue weighted by molar-refractivity contribution is 0.628. The molecular weight excluding hydrogens is 391 g/mol. The Morgan fingerprint density at radius 2 is 1.58 bits per heavy atom. The van der Waals surface area contributed by atoms with E-state index in [4.69, 9.17) is 5.10 Å². The van der Waals surface area contributed by atoms with Crippen LogP contribution < -0.4 is 10.9 Å². The minimum atomic E-state index is -0.309. The average molecular weight is 410 g/mol. The van der Waals surface area contributed by atoms with Crippen molar-refractivity contribution in [1.29, 1.82) is 0 Å². The van der Waals surface area contributed by atoms with Gasteiger partial charge in [0.2, 0.25) is 0 Å². The number of hydrogen-bond donors (Lipinski definition) is 2. The van der Waals surface area contributed by atoms with Crippen LogP contribution in [0.3, 0.4) is 0 Å². The maximum Gasteiger partial charge on any atom is 0.254 e. The molecule has 0 atom stereocenters. The molecule has 0 fully saturated rings. The van der Waals surface area contributed by atoms with Crippen molar-refractivity contribution >= 4 is 16.7 Å². The van der Waals surface area contributed by atoms with Crippen molar-refractivity contribution in [3.05, 3.63) is 113 Å². The van der Waals surface area contributed by atoms with Gasteiger partial charge in [-0.3, -0.25) is 4.79 Å². The van der Waals surface area contributed by atoms with Gasteiger partial charge in [-0.15, -0.1) is 0 Å². The van der Waals surface area contributed by atoms with Gasteiger partial charge >= 0.3 is 0 Å². The first kappa shape index (κ1) is 18.8. The highest BCUT2D eigenvalue weighted by atomic mass is 19.1. The van der Waals surface area contributed by atoms with Crippen molar-refractivity contribution in [2.24, 2.45) is 0 Å². The summed E-state index contributed by atoms with van der Waals surface area (Å²) in [7, 11) is 0. The molecule has 6 heteroatoms. The first-order chi connectivity index (χ1) is 15.2. The van der Waals surface area contributed by atoms with Crippen molar-refractivity contribution < 1.29 is 4.39 Å². The van der Waals surface area contributed by atoms with Crippen LogP contribution in [0.2, 0.25) is 0 Å². The number of para-hydroxylation sites is 2. The summed E-state index contributed by atoms with van der Waals surface area (Å²) in [5.74, 6) is -0.309. The zero-order valence-electron chi connectivity index (χ0n) is 16.5. The standard InChI is InChI=1S/C25H19FN4O/c26-19-13-11-17(12-14-19)23-22-15-18(16-27-20-7-3-1-4-8-20)25(31)28-24(22)30(29-23)21-9-5-2-6-10-21/h1-15,27H,16H2,(H,28,31). The molecule has 152 valence electrons. The molecule has 2 N–H and O–H groups in total.